The summed E-state index contributed by atoms with van der Waals surface area (Å²) >= 11 is 1.76. The van der Waals surface area contributed by atoms with Crippen molar-refractivity contribution < 1.29 is 8.42 Å². The van der Waals surface area contributed by atoms with Crippen LogP contribution in [0.2, 0.25) is 0 Å². The van der Waals surface area contributed by atoms with Crippen LogP contribution in [0.5, 0.6) is 0 Å². The molecule has 1 N–H and O–H groups in total. The highest BCUT2D eigenvalue weighted by molar-refractivity contribution is 8.01. The molecule has 0 aliphatic carbocycles. The molecule has 19 heavy (non-hydrogen) atoms. The van der Waals surface area contributed by atoms with E-state index in [0.717, 1.165) is 44.1 Å². The minimum atomic E-state index is -2.94. The molecule has 1 fully saturated rings. The quantitative estimate of drug-likeness (QED) is 0.688. The first kappa shape index (κ1) is 17.3. The molecule has 1 unspecified atom stereocenters. The van der Waals surface area contributed by atoms with Crippen molar-refractivity contribution in [2.45, 2.75) is 32.6 Å². The van der Waals surface area contributed by atoms with Crippen LogP contribution in [0.4, 0.5) is 0 Å². The van der Waals surface area contributed by atoms with Crippen molar-refractivity contribution >= 4 is 21.6 Å². The van der Waals surface area contributed by atoms with Crippen molar-refractivity contribution in [2.24, 2.45) is 5.92 Å². The van der Waals surface area contributed by atoms with Crippen molar-refractivity contribution in [3.8, 4) is 0 Å². The molecule has 1 saturated heterocycles. The van der Waals surface area contributed by atoms with E-state index in [4.69, 9.17) is 0 Å². The summed E-state index contributed by atoms with van der Waals surface area (Å²) in [5.41, 5.74) is 0. The lowest BCUT2D eigenvalue weighted by atomic mass is 10.2. The van der Waals surface area contributed by atoms with Gasteiger partial charge in [-0.3, -0.25) is 4.90 Å². The molecule has 0 amide bonds. The minimum Gasteiger partial charge on any atom is -0.316 e. The second-order valence-electron chi connectivity index (χ2n) is 5.47. The van der Waals surface area contributed by atoms with Crippen molar-refractivity contribution in [3.63, 3.8) is 0 Å². The lowest BCUT2D eigenvalue weighted by molar-refractivity contribution is 0.265. The van der Waals surface area contributed by atoms with Gasteiger partial charge in [0.15, 0.2) is 9.84 Å². The summed E-state index contributed by atoms with van der Waals surface area (Å²) < 4.78 is 24.1. The van der Waals surface area contributed by atoms with Gasteiger partial charge in [-0.05, 0) is 25.4 Å². The van der Waals surface area contributed by atoms with E-state index in [9.17, 15) is 8.42 Å². The molecule has 0 aromatic heterocycles. The molecule has 4 nitrogen and oxygen atoms in total. The zero-order valence-electron chi connectivity index (χ0n) is 12.4. The van der Waals surface area contributed by atoms with Crippen molar-refractivity contribution in [1.82, 2.24) is 10.2 Å². The molecule has 1 atom stereocenters. The number of hydrogen-bond acceptors (Lipinski definition) is 5. The van der Waals surface area contributed by atoms with Crippen molar-refractivity contribution in [1.29, 1.82) is 0 Å². The Morgan fingerprint density at radius 3 is 2.79 bits per heavy atom. The number of nitrogens with zero attached hydrogens (tertiary/aromatic N) is 1. The van der Waals surface area contributed by atoms with Gasteiger partial charge in [0.25, 0.3) is 0 Å². The first-order chi connectivity index (χ1) is 8.97. The van der Waals surface area contributed by atoms with Crippen LogP contribution in [-0.2, 0) is 9.84 Å². The lowest BCUT2D eigenvalue weighted by Crippen LogP contribution is -2.48. The number of rotatable bonds is 8. The summed E-state index contributed by atoms with van der Waals surface area (Å²) in [6.07, 6.45) is 1.02. The fourth-order valence-corrected chi connectivity index (χ4v) is 5.30. The third-order valence-corrected chi connectivity index (χ3v) is 6.69. The molecule has 6 heteroatoms. The van der Waals surface area contributed by atoms with Gasteiger partial charge in [-0.1, -0.05) is 20.8 Å². The maximum atomic E-state index is 12.1. The van der Waals surface area contributed by atoms with Gasteiger partial charge < -0.3 is 5.32 Å². The first-order valence-electron chi connectivity index (χ1n) is 7.21. The molecule has 0 aromatic carbocycles. The van der Waals surface area contributed by atoms with E-state index < -0.39 is 9.84 Å². The highest BCUT2D eigenvalue weighted by Gasteiger charge is 2.32. The van der Waals surface area contributed by atoms with Crippen molar-refractivity contribution in [3.05, 3.63) is 0 Å². The van der Waals surface area contributed by atoms with Crippen LogP contribution in [0.3, 0.4) is 0 Å². The molecule has 0 radical (unpaired) electrons. The van der Waals surface area contributed by atoms with Crippen LogP contribution < -0.4 is 5.32 Å². The van der Waals surface area contributed by atoms with E-state index in [2.05, 4.69) is 24.1 Å². The Labute approximate surface area is 122 Å². The molecule has 114 valence electrons. The first-order valence-corrected chi connectivity index (χ1v) is 10.1. The fraction of sp³-hybridized carbons (Fsp3) is 1.00. The summed E-state index contributed by atoms with van der Waals surface area (Å²) in [5.74, 6) is 2.70. The van der Waals surface area contributed by atoms with E-state index in [1.165, 1.54) is 0 Å². The number of sulfone groups is 1. The van der Waals surface area contributed by atoms with Gasteiger partial charge in [0, 0.05) is 30.3 Å². The van der Waals surface area contributed by atoms with Crippen LogP contribution in [0.15, 0.2) is 0 Å². The SMILES string of the molecule is CCS(=O)(=O)C1CSCCN1CCCNCC(C)C. The van der Waals surface area contributed by atoms with Crippen LogP contribution in [0, 0.1) is 5.92 Å². The standard InChI is InChI=1S/C13H28N2O2S2/c1-4-19(16,17)13-11-18-9-8-15(13)7-5-6-14-10-12(2)3/h12-14H,4-11H2,1-3H3. The van der Waals surface area contributed by atoms with Crippen LogP contribution in [0.25, 0.3) is 0 Å². The summed E-state index contributed by atoms with van der Waals surface area (Å²) in [4.78, 5) is 2.16. The monoisotopic (exact) mass is 308 g/mol. The average Bonchev–Trinajstić information content (AvgIpc) is 2.38. The second kappa shape index (κ2) is 8.49. The molecular weight excluding hydrogens is 280 g/mol. The molecule has 1 heterocycles. The van der Waals surface area contributed by atoms with Gasteiger partial charge in [0.2, 0.25) is 0 Å². The third-order valence-electron chi connectivity index (χ3n) is 3.36. The van der Waals surface area contributed by atoms with Gasteiger partial charge >= 0.3 is 0 Å². The Hall–Kier alpha value is 0.220. The summed E-state index contributed by atoms with van der Waals surface area (Å²) in [6.45, 7) is 9.93. The van der Waals surface area contributed by atoms with Gasteiger partial charge in [-0.25, -0.2) is 8.42 Å². The van der Waals surface area contributed by atoms with Gasteiger partial charge in [-0.2, -0.15) is 11.8 Å². The topological polar surface area (TPSA) is 49.4 Å². The molecular formula is C13H28N2O2S2. The molecule has 0 bridgehead atoms. The molecule has 0 aromatic rings. The maximum Gasteiger partial charge on any atom is 0.166 e. The Kier molecular flexibility index (Phi) is 7.72. The van der Waals surface area contributed by atoms with E-state index in [1.54, 1.807) is 18.7 Å². The fourth-order valence-electron chi connectivity index (χ4n) is 2.19. The van der Waals surface area contributed by atoms with Crippen LogP contribution in [-0.4, -0.2) is 62.1 Å². The number of hydrogen-bond donors (Lipinski definition) is 1. The Balaban J connectivity index is 2.37. The highest BCUT2D eigenvalue weighted by Crippen LogP contribution is 2.21. The largest absolute Gasteiger partial charge is 0.316 e. The normalized spacial score (nSPS) is 22.0. The zero-order valence-corrected chi connectivity index (χ0v) is 14.0. The number of thioether (sulfide) groups is 1. The van der Waals surface area contributed by atoms with E-state index in [-0.39, 0.29) is 11.1 Å². The Morgan fingerprint density at radius 1 is 1.42 bits per heavy atom. The minimum absolute atomic E-state index is 0.250. The van der Waals surface area contributed by atoms with E-state index in [0.29, 0.717) is 5.92 Å². The predicted molar refractivity (Wildman–Crippen MR) is 84.5 cm³/mol. The molecule has 1 rings (SSSR count). The summed E-state index contributed by atoms with van der Waals surface area (Å²) in [5, 5.41) is 3.15. The summed E-state index contributed by atoms with van der Waals surface area (Å²) in [7, 11) is -2.94. The van der Waals surface area contributed by atoms with Gasteiger partial charge in [0.1, 0.15) is 5.37 Å². The van der Waals surface area contributed by atoms with Gasteiger partial charge in [-0.15, -0.1) is 0 Å². The van der Waals surface area contributed by atoms with Crippen LogP contribution in [0.1, 0.15) is 27.2 Å². The van der Waals surface area contributed by atoms with E-state index >= 15 is 0 Å². The molecule has 0 spiro atoms. The third kappa shape index (κ3) is 6.02. The molecule has 1 aliphatic heterocycles. The summed E-state index contributed by atoms with van der Waals surface area (Å²) in [6, 6.07) is 0. The number of nitrogens with one attached hydrogen (secondary N) is 1. The highest BCUT2D eigenvalue weighted by atomic mass is 32.2. The second-order valence-corrected chi connectivity index (χ2v) is 9.07. The van der Waals surface area contributed by atoms with E-state index in [1.807, 2.05) is 0 Å². The maximum absolute atomic E-state index is 12.1. The molecule has 0 saturated carbocycles. The van der Waals surface area contributed by atoms with Gasteiger partial charge in [0.05, 0.1) is 0 Å². The Morgan fingerprint density at radius 2 is 2.16 bits per heavy atom. The molecule has 1 aliphatic rings. The van der Waals surface area contributed by atoms with Crippen molar-refractivity contribution in [2.75, 3.05) is 43.4 Å². The Bertz CT molecular complexity index is 345. The lowest BCUT2D eigenvalue weighted by Gasteiger charge is -2.34. The van der Waals surface area contributed by atoms with Crippen LogP contribution >= 0.6 is 11.8 Å². The average molecular weight is 309 g/mol. The zero-order chi connectivity index (χ0) is 14.3. The predicted octanol–water partition coefficient (Wildman–Crippen LogP) is 1.43. The smallest absolute Gasteiger partial charge is 0.166 e.